The first kappa shape index (κ1) is 10.8. The van der Waals surface area contributed by atoms with Crippen LogP contribution in [0.3, 0.4) is 0 Å². The van der Waals surface area contributed by atoms with Crippen LogP contribution in [-0.4, -0.2) is 12.2 Å². The molecule has 0 aliphatic rings. The van der Waals surface area contributed by atoms with Crippen LogP contribution in [0.4, 0.5) is 0 Å². The fourth-order valence-electron chi connectivity index (χ4n) is 1.61. The van der Waals surface area contributed by atoms with E-state index < -0.39 is 5.60 Å². The molecule has 0 saturated heterocycles. The molecule has 84 valence electrons. The predicted molar refractivity (Wildman–Crippen MR) is 60.4 cm³/mol. The second kappa shape index (κ2) is 4.02. The lowest BCUT2D eigenvalue weighted by Gasteiger charge is -2.21. The fourth-order valence-corrected chi connectivity index (χ4v) is 1.61. The van der Waals surface area contributed by atoms with Gasteiger partial charge in [-0.15, -0.1) is 0 Å². The second-order valence-corrected chi connectivity index (χ2v) is 3.78. The van der Waals surface area contributed by atoms with Gasteiger partial charge in [-0.1, -0.05) is 12.1 Å². The van der Waals surface area contributed by atoms with Crippen LogP contribution in [0.1, 0.15) is 18.2 Å². The first-order chi connectivity index (χ1) is 7.64. The Bertz CT molecular complexity index is 441. The van der Waals surface area contributed by atoms with Crippen molar-refractivity contribution in [3.63, 3.8) is 0 Å². The molecule has 1 atom stereocenters. The molecule has 0 radical (unpaired) electrons. The number of aliphatic hydroxyl groups is 1. The largest absolute Gasteiger partial charge is 0.497 e. The molecule has 2 aromatic rings. The number of furan rings is 1. The van der Waals surface area contributed by atoms with Crippen molar-refractivity contribution in [3.8, 4) is 5.75 Å². The molecule has 2 rings (SSSR count). The van der Waals surface area contributed by atoms with Gasteiger partial charge < -0.3 is 14.3 Å². The van der Waals surface area contributed by atoms with Gasteiger partial charge in [0.15, 0.2) is 0 Å². The van der Waals surface area contributed by atoms with Gasteiger partial charge in [-0.25, -0.2) is 0 Å². The molecule has 0 amide bonds. The first-order valence-electron chi connectivity index (χ1n) is 5.05. The van der Waals surface area contributed by atoms with Crippen molar-refractivity contribution in [2.45, 2.75) is 12.5 Å². The summed E-state index contributed by atoms with van der Waals surface area (Å²) in [5, 5.41) is 10.4. The molecule has 0 aliphatic heterocycles. The van der Waals surface area contributed by atoms with Crippen LogP contribution >= 0.6 is 0 Å². The Balaban J connectivity index is 2.35. The van der Waals surface area contributed by atoms with Crippen LogP contribution < -0.4 is 4.74 Å². The van der Waals surface area contributed by atoms with Gasteiger partial charge in [0.2, 0.25) is 0 Å². The van der Waals surface area contributed by atoms with Gasteiger partial charge >= 0.3 is 0 Å². The summed E-state index contributed by atoms with van der Waals surface area (Å²) in [7, 11) is 1.61. The van der Waals surface area contributed by atoms with E-state index in [0.29, 0.717) is 5.76 Å². The van der Waals surface area contributed by atoms with E-state index in [4.69, 9.17) is 9.15 Å². The highest BCUT2D eigenvalue weighted by Gasteiger charge is 2.28. The second-order valence-electron chi connectivity index (χ2n) is 3.78. The molecule has 1 aromatic carbocycles. The zero-order chi connectivity index (χ0) is 11.6. The van der Waals surface area contributed by atoms with E-state index in [9.17, 15) is 5.11 Å². The summed E-state index contributed by atoms with van der Waals surface area (Å²) in [6.45, 7) is 1.70. The molecule has 0 saturated carbocycles. The molecular formula is C13H14O3. The lowest BCUT2D eigenvalue weighted by molar-refractivity contribution is 0.0767. The zero-order valence-corrected chi connectivity index (χ0v) is 9.31. The normalized spacial score (nSPS) is 14.4. The number of rotatable bonds is 3. The van der Waals surface area contributed by atoms with Crippen LogP contribution in [0, 0.1) is 0 Å². The van der Waals surface area contributed by atoms with Crippen LogP contribution in [0.25, 0.3) is 0 Å². The number of hydrogen-bond donors (Lipinski definition) is 1. The Labute approximate surface area is 94.3 Å². The lowest BCUT2D eigenvalue weighted by Crippen LogP contribution is -2.21. The molecule has 0 unspecified atom stereocenters. The van der Waals surface area contributed by atoms with Crippen LogP contribution in [-0.2, 0) is 5.60 Å². The summed E-state index contributed by atoms with van der Waals surface area (Å²) >= 11 is 0. The van der Waals surface area contributed by atoms with Gasteiger partial charge in [-0.2, -0.15) is 0 Å². The summed E-state index contributed by atoms with van der Waals surface area (Å²) in [5.41, 5.74) is -0.348. The van der Waals surface area contributed by atoms with Gasteiger partial charge in [-0.3, -0.25) is 0 Å². The van der Waals surface area contributed by atoms with E-state index in [1.165, 1.54) is 0 Å². The Morgan fingerprint density at radius 2 is 1.88 bits per heavy atom. The van der Waals surface area contributed by atoms with E-state index >= 15 is 0 Å². The zero-order valence-electron chi connectivity index (χ0n) is 9.31. The first-order valence-corrected chi connectivity index (χ1v) is 5.05. The minimum atomic E-state index is -1.12. The Morgan fingerprint density at radius 1 is 1.19 bits per heavy atom. The Hall–Kier alpha value is -1.74. The lowest BCUT2D eigenvalue weighted by atomic mass is 9.93. The van der Waals surface area contributed by atoms with Crippen LogP contribution in [0.5, 0.6) is 5.75 Å². The van der Waals surface area contributed by atoms with Crippen molar-refractivity contribution in [1.82, 2.24) is 0 Å². The van der Waals surface area contributed by atoms with Gasteiger partial charge in [-0.05, 0) is 36.8 Å². The highest BCUT2D eigenvalue weighted by atomic mass is 16.5. The molecule has 1 N–H and O–H groups in total. The predicted octanol–water partition coefficient (Wildman–Crippen LogP) is 2.54. The van der Waals surface area contributed by atoms with Crippen molar-refractivity contribution in [1.29, 1.82) is 0 Å². The van der Waals surface area contributed by atoms with Crippen molar-refractivity contribution < 1.29 is 14.3 Å². The Morgan fingerprint density at radius 3 is 2.38 bits per heavy atom. The van der Waals surface area contributed by atoms with Gasteiger partial charge in [0.1, 0.15) is 17.1 Å². The average Bonchev–Trinajstić information content (AvgIpc) is 2.83. The van der Waals surface area contributed by atoms with Crippen molar-refractivity contribution in [2.24, 2.45) is 0 Å². The number of benzene rings is 1. The Kier molecular flexibility index (Phi) is 2.71. The van der Waals surface area contributed by atoms with E-state index in [1.807, 2.05) is 24.3 Å². The van der Waals surface area contributed by atoms with E-state index in [-0.39, 0.29) is 0 Å². The maximum absolute atomic E-state index is 10.4. The summed E-state index contributed by atoms with van der Waals surface area (Å²) in [5.74, 6) is 1.29. The standard InChI is InChI=1S/C13H14O3/c1-13(14,12-4-3-9-16-12)10-5-7-11(15-2)8-6-10/h3-9,14H,1-2H3/t13-/m1/s1. The molecular weight excluding hydrogens is 204 g/mol. The quantitative estimate of drug-likeness (QED) is 0.860. The molecule has 1 heterocycles. The van der Waals surface area contributed by atoms with Gasteiger partial charge in [0, 0.05) is 0 Å². The molecule has 0 fully saturated rings. The monoisotopic (exact) mass is 218 g/mol. The third-order valence-electron chi connectivity index (χ3n) is 2.65. The SMILES string of the molecule is COc1ccc([C@@](C)(O)c2ccco2)cc1. The average molecular weight is 218 g/mol. The van der Waals surface area contributed by atoms with E-state index in [2.05, 4.69) is 0 Å². The molecule has 0 aliphatic carbocycles. The molecule has 0 bridgehead atoms. The third kappa shape index (κ3) is 1.82. The molecule has 0 spiro atoms. The van der Waals surface area contributed by atoms with E-state index in [0.717, 1.165) is 11.3 Å². The maximum atomic E-state index is 10.4. The minimum Gasteiger partial charge on any atom is -0.497 e. The highest BCUT2D eigenvalue weighted by molar-refractivity contribution is 5.34. The third-order valence-corrected chi connectivity index (χ3v) is 2.65. The van der Waals surface area contributed by atoms with Gasteiger partial charge in [0.25, 0.3) is 0 Å². The van der Waals surface area contributed by atoms with Crippen molar-refractivity contribution in [3.05, 3.63) is 54.0 Å². The number of hydrogen-bond acceptors (Lipinski definition) is 3. The topological polar surface area (TPSA) is 42.6 Å². The van der Waals surface area contributed by atoms with Crippen LogP contribution in [0.15, 0.2) is 47.1 Å². The summed E-state index contributed by atoms with van der Waals surface area (Å²) < 4.78 is 10.3. The summed E-state index contributed by atoms with van der Waals surface area (Å²) in [4.78, 5) is 0. The highest BCUT2D eigenvalue weighted by Crippen LogP contribution is 2.30. The minimum absolute atomic E-state index is 0.526. The molecule has 16 heavy (non-hydrogen) atoms. The fraction of sp³-hybridized carbons (Fsp3) is 0.231. The summed E-state index contributed by atoms with van der Waals surface area (Å²) in [6.07, 6.45) is 1.55. The molecule has 1 aromatic heterocycles. The number of ether oxygens (including phenoxy) is 1. The number of methoxy groups -OCH3 is 1. The molecule has 3 heteroatoms. The maximum Gasteiger partial charge on any atom is 0.144 e. The van der Waals surface area contributed by atoms with Crippen molar-refractivity contribution in [2.75, 3.05) is 7.11 Å². The smallest absolute Gasteiger partial charge is 0.144 e. The van der Waals surface area contributed by atoms with E-state index in [1.54, 1.807) is 32.4 Å². The van der Waals surface area contributed by atoms with Crippen molar-refractivity contribution >= 4 is 0 Å². The van der Waals surface area contributed by atoms with Gasteiger partial charge in [0.05, 0.1) is 13.4 Å². The summed E-state index contributed by atoms with van der Waals surface area (Å²) in [6, 6.07) is 10.8. The van der Waals surface area contributed by atoms with Crippen LogP contribution in [0.2, 0.25) is 0 Å². The molecule has 3 nitrogen and oxygen atoms in total.